The largest absolute Gasteiger partial charge is 0.494 e. The second kappa shape index (κ2) is 7.96. The molecule has 0 aliphatic rings. The lowest BCUT2D eigenvalue weighted by Gasteiger charge is -2.11. The number of carbonyl (C=O) groups is 1. The first-order chi connectivity index (χ1) is 13.4. The summed E-state index contributed by atoms with van der Waals surface area (Å²) < 4.78 is 6.29. The Labute approximate surface area is 161 Å². The van der Waals surface area contributed by atoms with E-state index in [1.54, 1.807) is 24.3 Å². The van der Waals surface area contributed by atoms with Crippen molar-refractivity contribution in [2.45, 2.75) is 20.8 Å². The van der Waals surface area contributed by atoms with Gasteiger partial charge in [0, 0.05) is 11.9 Å². The van der Waals surface area contributed by atoms with Crippen LogP contribution >= 0.6 is 0 Å². The Morgan fingerprint density at radius 2 is 1.82 bits per heavy atom. The van der Waals surface area contributed by atoms with Gasteiger partial charge in [0.2, 0.25) is 0 Å². The summed E-state index contributed by atoms with van der Waals surface area (Å²) in [6.45, 7) is 6.14. The highest BCUT2D eigenvalue weighted by atomic mass is 16.5. The molecule has 1 amide bonds. The SMILES string of the molecule is CCOc1ccc(-n2c(=O)[nH]cc(C(=O)Nc3cc(C)ccc3C)c2=O)cc1. The van der Waals surface area contributed by atoms with Crippen LogP contribution in [0.3, 0.4) is 0 Å². The third-order valence-electron chi connectivity index (χ3n) is 4.27. The zero-order valence-corrected chi connectivity index (χ0v) is 15.9. The van der Waals surface area contributed by atoms with Gasteiger partial charge < -0.3 is 15.0 Å². The lowest BCUT2D eigenvalue weighted by atomic mass is 10.1. The van der Waals surface area contributed by atoms with Crippen molar-refractivity contribution < 1.29 is 9.53 Å². The van der Waals surface area contributed by atoms with Crippen molar-refractivity contribution in [2.75, 3.05) is 11.9 Å². The number of benzene rings is 2. The zero-order chi connectivity index (χ0) is 20.3. The molecular formula is C21H21N3O4. The highest BCUT2D eigenvalue weighted by Gasteiger charge is 2.17. The molecule has 0 unspecified atom stereocenters. The van der Waals surface area contributed by atoms with E-state index in [1.165, 1.54) is 0 Å². The van der Waals surface area contributed by atoms with Crippen molar-refractivity contribution in [1.82, 2.24) is 9.55 Å². The summed E-state index contributed by atoms with van der Waals surface area (Å²) in [6, 6.07) is 12.1. The predicted molar refractivity (Wildman–Crippen MR) is 108 cm³/mol. The molecule has 0 radical (unpaired) electrons. The highest BCUT2D eigenvalue weighted by Crippen LogP contribution is 2.17. The normalized spacial score (nSPS) is 10.5. The Morgan fingerprint density at radius 3 is 2.50 bits per heavy atom. The summed E-state index contributed by atoms with van der Waals surface area (Å²) in [5, 5.41) is 2.74. The lowest BCUT2D eigenvalue weighted by Crippen LogP contribution is -2.38. The molecule has 0 fully saturated rings. The fourth-order valence-corrected chi connectivity index (χ4v) is 2.79. The first kappa shape index (κ1) is 19.2. The van der Waals surface area contributed by atoms with E-state index in [0.717, 1.165) is 21.9 Å². The monoisotopic (exact) mass is 379 g/mol. The third-order valence-corrected chi connectivity index (χ3v) is 4.27. The van der Waals surface area contributed by atoms with Gasteiger partial charge in [-0.05, 0) is 62.2 Å². The van der Waals surface area contributed by atoms with Crippen LogP contribution < -0.4 is 21.3 Å². The second-order valence-electron chi connectivity index (χ2n) is 6.35. The number of amides is 1. The average molecular weight is 379 g/mol. The first-order valence-corrected chi connectivity index (χ1v) is 8.87. The number of anilines is 1. The number of aromatic amines is 1. The summed E-state index contributed by atoms with van der Waals surface area (Å²) in [6.07, 6.45) is 1.14. The number of hydrogen-bond donors (Lipinski definition) is 2. The number of nitrogens with one attached hydrogen (secondary N) is 2. The van der Waals surface area contributed by atoms with Gasteiger partial charge in [-0.15, -0.1) is 0 Å². The Bertz CT molecular complexity index is 1130. The summed E-state index contributed by atoms with van der Waals surface area (Å²) >= 11 is 0. The molecule has 28 heavy (non-hydrogen) atoms. The van der Waals surface area contributed by atoms with Gasteiger partial charge in [0.05, 0.1) is 12.3 Å². The van der Waals surface area contributed by atoms with Crippen molar-refractivity contribution in [3.05, 3.63) is 86.2 Å². The minimum absolute atomic E-state index is 0.158. The standard InChI is InChI=1S/C21H21N3O4/c1-4-28-16-9-7-15(8-10-16)24-20(26)17(12-22-21(24)27)19(25)23-18-11-13(2)5-6-14(18)3/h5-12H,4H2,1-3H3,(H,22,27)(H,23,25). The fraction of sp³-hybridized carbons (Fsp3) is 0.190. The van der Waals surface area contributed by atoms with Crippen LogP contribution in [0.4, 0.5) is 5.69 Å². The Kier molecular flexibility index (Phi) is 5.44. The molecule has 7 nitrogen and oxygen atoms in total. The Balaban J connectivity index is 1.98. The van der Waals surface area contributed by atoms with E-state index in [-0.39, 0.29) is 5.56 Å². The van der Waals surface area contributed by atoms with E-state index in [4.69, 9.17) is 4.74 Å². The molecule has 0 aliphatic carbocycles. The van der Waals surface area contributed by atoms with Crippen molar-refractivity contribution in [3.63, 3.8) is 0 Å². The number of nitrogens with zero attached hydrogens (tertiary/aromatic N) is 1. The number of ether oxygens (including phenoxy) is 1. The minimum Gasteiger partial charge on any atom is -0.494 e. The number of hydrogen-bond acceptors (Lipinski definition) is 4. The second-order valence-corrected chi connectivity index (χ2v) is 6.35. The van der Waals surface area contributed by atoms with Crippen LogP contribution in [-0.2, 0) is 0 Å². The van der Waals surface area contributed by atoms with Gasteiger partial charge in [-0.25, -0.2) is 9.36 Å². The lowest BCUT2D eigenvalue weighted by molar-refractivity contribution is 0.102. The van der Waals surface area contributed by atoms with Crippen molar-refractivity contribution in [1.29, 1.82) is 0 Å². The number of rotatable bonds is 5. The number of H-pyrrole nitrogens is 1. The van der Waals surface area contributed by atoms with Crippen LogP contribution in [0, 0.1) is 13.8 Å². The van der Waals surface area contributed by atoms with E-state index in [1.807, 2.05) is 39.0 Å². The van der Waals surface area contributed by atoms with E-state index in [0.29, 0.717) is 23.7 Å². The third kappa shape index (κ3) is 3.88. The maximum atomic E-state index is 12.8. The van der Waals surface area contributed by atoms with Crippen molar-refractivity contribution in [3.8, 4) is 11.4 Å². The molecule has 144 valence electrons. The molecule has 0 spiro atoms. The van der Waals surface area contributed by atoms with Gasteiger partial charge in [-0.3, -0.25) is 9.59 Å². The van der Waals surface area contributed by atoms with Crippen molar-refractivity contribution >= 4 is 11.6 Å². The molecule has 0 saturated carbocycles. The highest BCUT2D eigenvalue weighted by molar-refractivity contribution is 6.04. The molecule has 1 aromatic heterocycles. The molecular weight excluding hydrogens is 358 g/mol. The van der Waals surface area contributed by atoms with E-state index in [2.05, 4.69) is 10.3 Å². The first-order valence-electron chi connectivity index (χ1n) is 8.87. The van der Waals surface area contributed by atoms with E-state index in [9.17, 15) is 14.4 Å². The molecule has 3 rings (SSSR count). The van der Waals surface area contributed by atoms with E-state index < -0.39 is 17.2 Å². The topological polar surface area (TPSA) is 93.2 Å². The average Bonchev–Trinajstić information content (AvgIpc) is 2.66. The van der Waals surface area contributed by atoms with Gasteiger partial charge >= 0.3 is 5.69 Å². The fourth-order valence-electron chi connectivity index (χ4n) is 2.79. The quantitative estimate of drug-likeness (QED) is 0.713. The molecule has 0 atom stereocenters. The van der Waals surface area contributed by atoms with Crippen LogP contribution in [0.25, 0.3) is 5.69 Å². The van der Waals surface area contributed by atoms with Crippen LogP contribution in [0.15, 0.2) is 58.3 Å². The smallest absolute Gasteiger partial charge is 0.333 e. The molecule has 2 N–H and O–H groups in total. The number of aromatic nitrogens is 2. The van der Waals surface area contributed by atoms with Gasteiger partial charge in [0.1, 0.15) is 11.3 Å². The van der Waals surface area contributed by atoms with Crippen LogP contribution in [0.1, 0.15) is 28.4 Å². The molecule has 1 heterocycles. The molecule has 0 aliphatic heterocycles. The molecule has 0 saturated heterocycles. The van der Waals surface area contributed by atoms with Crippen LogP contribution in [0.5, 0.6) is 5.75 Å². The van der Waals surface area contributed by atoms with Crippen LogP contribution in [-0.4, -0.2) is 22.1 Å². The number of carbonyl (C=O) groups excluding carboxylic acids is 1. The summed E-state index contributed by atoms with van der Waals surface area (Å²) in [5.41, 5.74) is 1.33. The maximum absolute atomic E-state index is 12.8. The minimum atomic E-state index is -0.698. The molecule has 0 bridgehead atoms. The molecule has 3 aromatic rings. The van der Waals surface area contributed by atoms with Gasteiger partial charge in [0.25, 0.3) is 11.5 Å². The van der Waals surface area contributed by atoms with Gasteiger partial charge in [-0.1, -0.05) is 12.1 Å². The Hall–Kier alpha value is -3.61. The Morgan fingerprint density at radius 1 is 1.11 bits per heavy atom. The van der Waals surface area contributed by atoms with Crippen molar-refractivity contribution in [2.24, 2.45) is 0 Å². The molecule has 7 heteroatoms. The van der Waals surface area contributed by atoms with E-state index >= 15 is 0 Å². The zero-order valence-electron chi connectivity index (χ0n) is 15.9. The maximum Gasteiger partial charge on any atom is 0.333 e. The van der Waals surface area contributed by atoms with Gasteiger partial charge in [-0.2, -0.15) is 0 Å². The van der Waals surface area contributed by atoms with Crippen LogP contribution in [0.2, 0.25) is 0 Å². The summed E-state index contributed by atoms with van der Waals surface area (Å²) in [4.78, 5) is 40.2. The van der Waals surface area contributed by atoms with Gasteiger partial charge in [0.15, 0.2) is 0 Å². The predicted octanol–water partition coefficient (Wildman–Crippen LogP) is 2.79. The number of aryl methyl sites for hydroxylation is 2. The summed E-state index contributed by atoms with van der Waals surface area (Å²) in [5.74, 6) is 0.0363. The molecule has 2 aromatic carbocycles. The summed E-state index contributed by atoms with van der Waals surface area (Å²) in [7, 11) is 0.